The molecule has 310 valence electrons. The quantitative estimate of drug-likeness (QED) is 0.143. The van der Waals surface area contributed by atoms with E-state index in [1.54, 1.807) is 32.0 Å². The summed E-state index contributed by atoms with van der Waals surface area (Å²) in [5, 5.41) is 39.4. The zero-order valence-corrected chi connectivity index (χ0v) is 32.9. The highest BCUT2D eigenvalue weighted by molar-refractivity contribution is 5.95. The Morgan fingerprint density at radius 3 is 2.26 bits per heavy atom. The first-order chi connectivity index (χ1) is 26.7. The van der Waals surface area contributed by atoms with Gasteiger partial charge in [-0.15, -0.1) is 0 Å². The predicted molar refractivity (Wildman–Crippen MR) is 196 cm³/mol. The normalized spacial score (nSPS) is 34.9. The minimum Gasteiger partial charge on any atom is -0.456 e. The fraction of sp³-hybridized carbons (Fsp3) is 0.610. The number of aliphatic hydroxyl groups excluding tert-OH is 2. The standard InChI is InChI=1S/C41H51NO15/c1-8-16-52-37(50)42-29(23-14-15-23)30(46)36(49)55-25-18-41(51)34(56-35(48)24-12-10-9-11-13-24)32-39(7,26(45)17-27-40(32,19-53-27)57-22(4)44)33(47)31(54-21(3)43)28(20(25)2)38(41,5)6/h8-13,23,25-27,29-32,34,45-46,51H,1,14-19H2,2-7H3,(H,42,50)/t25-,26-,27+,29?,30+,31+,32-,34-,39+,40-,41+/m0/s1. The molecule has 1 heterocycles. The Bertz CT molecular complexity index is 1860. The van der Waals surface area contributed by atoms with Crippen LogP contribution >= 0.6 is 0 Å². The summed E-state index contributed by atoms with van der Waals surface area (Å²) in [5.74, 6) is -6.44. The lowest BCUT2D eigenvalue weighted by Crippen LogP contribution is -2.82. The molecule has 4 fully saturated rings. The average Bonchev–Trinajstić information content (AvgIpc) is 3.99. The number of ether oxygens (including phenoxy) is 6. The van der Waals surface area contributed by atoms with Crippen molar-refractivity contribution in [3.8, 4) is 0 Å². The molecule has 57 heavy (non-hydrogen) atoms. The summed E-state index contributed by atoms with van der Waals surface area (Å²) in [6.45, 7) is 11.3. The number of aliphatic hydroxyl groups is 3. The number of amides is 1. The lowest BCUT2D eigenvalue weighted by Gasteiger charge is -2.67. The van der Waals surface area contributed by atoms with Gasteiger partial charge in [0, 0.05) is 32.1 Å². The van der Waals surface area contributed by atoms with Crippen LogP contribution in [-0.2, 0) is 47.6 Å². The van der Waals surface area contributed by atoms with Crippen LogP contribution in [0.15, 0.2) is 54.1 Å². The fourth-order valence-electron chi connectivity index (χ4n) is 9.60. The highest BCUT2D eigenvalue weighted by Gasteiger charge is 2.78. The maximum absolute atomic E-state index is 15.3. The van der Waals surface area contributed by atoms with E-state index in [0.717, 1.165) is 13.8 Å². The molecular weight excluding hydrogens is 746 g/mol. The summed E-state index contributed by atoms with van der Waals surface area (Å²) in [6, 6.07) is 6.73. The van der Waals surface area contributed by atoms with E-state index in [2.05, 4.69) is 11.9 Å². The van der Waals surface area contributed by atoms with Gasteiger partial charge in [-0.25, -0.2) is 14.4 Å². The number of hydrogen-bond acceptors (Lipinski definition) is 15. The van der Waals surface area contributed by atoms with Crippen LogP contribution in [0.3, 0.4) is 0 Å². The maximum atomic E-state index is 15.3. The number of carbonyl (C=O) groups excluding carboxylic acids is 6. The second-order valence-electron chi connectivity index (χ2n) is 16.5. The molecule has 3 saturated carbocycles. The Labute approximate surface area is 329 Å². The first kappa shape index (κ1) is 42.0. The molecule has 4 N–H and O–H groups in total. The van der Waals surface area contributed by atoms with Gasteiger partial charge in [-0.1, -0.05) is 44.7 Å². The summed E-state index contributed by atoms with van der Waals surface area (Å²) in [6.07, 6.45) is -8.59. The first-order valence-corrected chi connectivity index (χ1v) is 19.1. The SMILES string of the molecule is C=CCOC(=O)NC(C1CC1)[C@@H](O)C(=O)O[C@H]1C[C@@]2(O)[C@@H](OC(=O)c3ccccc3)[C@@H]3[C@]4(OC(C)=O)CO[C@@H]4C[C@H](O)[C@@]3(C)C(=O)[C@H](OC(C)=O)C(=C1C)C2(C)C. The summed E-state index contributed by atoms with van der Waals surface area (Å²) < 4.78 is 35.0. The minimum absolute atomic E-state index is 0.00904. The monoisotopic (exact) mass is 797 g/mol. The number of esters is 4. The van der Waals surface area contributed by atoms with Gasteiger partial charge in [0.1, 0.15) is 30.5 Å². The summed E-state index contributed by atoms with van der Waals surface area (Å²) >= 11 is 0. The van der Waals surface area contributed by atoms with Crippen molar-refractivity contribution in [3.05, 3.63) is 59.7 Å². The van der Waals surface area contributed by atoms with Crippen LogP contribution in [-0.4, -0.2) is 118 Å². The fourth-order valence-corrected chi connectivity index (χ4v) is 9.60. The molecule has 1 amide bonds. The molecule has 1 aromatic rings. The summed E-state index contributed by atoms with van der Waals surface area (Å²) in [5.41, 5.74) is -7.52. The number of carbonyl (C=O) groups is 6. The zero-order chi connectivity index (χ0) is 41.8. The summed E-state index contributed by atoms with van der Waals surface area (Å²) in [4.78, 5) is 81.6. The van der Waals surface area contributed by atoms with Crippen LogP contribution in [0.25, 0.3) is 0 Å². The van der Waals surface area contributed by atoms with E-state index < -0.39 is 113 Å². The number of hydrogen-bond donors (Lipinski definition) is 4. The smallest absolute Gasteiger partial charge is 0.407 e. The topological polar surface area (TPSA) is 231 Å². The molecule has 4 aliphatic carbocycles. The van der Waals surface area contributed by atoms with Gasteiger partial charge in [-0.3, -0.25) is 14.4 Å². The molecule has 1 aliphatic heterocycles. The Morgan fingerprint density at radius 1 is 1.04 bits per heavy atom. The van der Waals surface area contributed by atoms with Gasteiger partial charge in [-0.05, 0) is 55.9 Å². The van der Waals surface area contributed by atoms with Crippen molar-refractivity contribution >= 4 is 35.8 Å². The Hall–Kier alpha value is -4.64. The van der Waals surface area contributed by atoms with Crippen molar-refractivity contribution in [2.45, 2.75) is 121 Å². The van der Waals surface area contributed by atoms with Crippen molar-refractivity contribution in [1.29, 1.82) is 0 Å². The molecular formula is C41H51NO15. The van der Waals surface area contributed by atoms with Crippen LogP contribution in [0.4, 0.5) is 4.79 Å². The van der Waals surface area contributed by atoms with Gasteiger partial charge < -0.3 is 49.1 Å². The number of alkyl carbamates (subject to hydrolysis) is 1. The minimum atomic E-state index is -2.36. The van der Waals surface area contributed by atoms with Crippen LogP contribution < -0.4 is 5.32 Å². The van der Waals surface area contributed by atoms with Crippen molar-refractivity contribution < 1.29 is 72.5 Å². The van der Waals surface area contributed by atoms with E-state index in [-0.39, 0.29) is 42.3 Å². The maximum Gasteiger partial charge on any atom is 0.407 e. The second-order valence-corrected chi connectivity index (χ2v) is 16.5. The third-order valence-electron chi connectivity index (χ3n) is 12.8. The van der Waals surface area contributed by atoms with E-state index in [1.807, 2.05) is 0 Å². The number of fused-ring (bicyclic) bond motifs is 5. The highest BCUT2D eigenvalue weighted by atomic mass is 16.6. The van der Waals surface area contributed by atoms with E-state index in [0.29, 0.717) is 12.8 Å². The Morgan fingerprint density at radius 2 is 1.70 bits per heavy atom. The molecule has 11 atom stereocenters. The number of rotatable bonds is 11. The van der Waals surface area contributed by atoms with Crippen molar-refractivity contribution in [3.63, 3.8) is 0 Å². The van der Waals surface area contributed by atoms with Gasteiger partial charge in [0.2, 0.25) is 0 Å². The van der Waals surface area contributed by atoms with Crippen LogP contribution in [0.2, 0.25) is 0 Å². The molecule has 6 rings (SSSR count). The van der Waals surface area contributed by atoms with Crippen molar-refractivity contribution in [2.24, 2.45) is 22.7 Å². The van der Waals surface area contributed by atoms with Crippen molar-refractivity contribution in [2.75, 3.05) is 13.2 Å². The summed E-state index contributed by atoms with van der Waals surface area (Å²) in [7, 11) is 0. The number of benzene rings is 1. The van der Waals surface area contributed by atoms with E-state index >= 15 is 4.79 Å². The van der Waals surface area contributed by atoms with Gasteiger partial charge in [-0.2, -0.15) is 0 Å². The molecule has 16 heteroatoms. The molecule has 5 aliphatic rings. The molecule has 2 bridgehead atoms. The molecule has 0 spiro atoms. The number of Topliss-reactive ketones (excluding diaryl/α,β-unsaturated/α-hetero) is 1. The number of ketones is 1. The molecule has 0 radical (unpaired) electrons. The lowest BCUT2D eigenvalue weighted by atomic mass is 9.44. The number of nitrogens with one attached hydrogen (secondary N) is 1. The Kier molecular flexibility index (Phi) is 11.2. The van der Waals surface area contributed by atoms with Gasteiger partial charge >= 0.3 is 30.0 Å². The van der Waals surface area contributed by atoms with Crippen LogP contribution in [0.1, 0.15) is 77.6 Å². The van der Waals surface area contributed by atoms with E-state index in [9.17, 15) is 39.3 Å². The third kappa shape index (κ3) is 7.04. The van der Waals surface area contributed by atoms with Crippen LogP contribution in [0, 0.1) is 22.7 Å². The second kappa shape index (κ2) is 15.3. The van der Waals surface area contributed by atoms with Gasteiger partial charge in [0.15, 0.2) is 23.6 Å². The van der Waals surface area contributed by atoms with Gasteiger partial charge in [0.05, 0.1) is 35.6 Å². The molecule has 0 aromatic heterocycles. The lowest BCUT2D eigenvalue weighted by molar-refractivity contribution is -0.346. The largest absolute Gasteiger partial charge is 0.456 e. The molecule has 16 nitrogen and oxygen atoms in total. The molecule has 1 aromatic carbocycles. The molecule has 1 unspecified atom stereocenters. The van der Waals surface area contributed by atoms with Crippen molar-refractivity contribution in [1.82, 2.24) is 5.32 Å². The van der Waals surface area contributed by atoms with E-state index in [1.165, 1.54) is 32.1 Å². The first-order valence-electron chi connectivity index (χ1n) is 19.1. The average molecular weight is 798 g/mol. The highest BCUT2D eigenvalue weighted by Crippen LogP contribution is 2.64. The third-order valence-corrected chi connectivity index (χ3v) is 12.8. The predicted octanol–water partition coefficient (Wildman–Crippen LogP) is 2.26. The Balaban J connectivity index is 1.53. The van der Waals surface area contributed by atoms with Crippen LogP contribution in [0.5, 0.6) is 0 Å². The zero-order valence-electron chi connectivity index (χ0n) is 32.9. The van der Waals surface area contributed by atoms with Gasteiger partial charge in [0.25, 0.3) is 0 Å². The molecule has 1 saturated heterocycles. The van der Waals surface area contributed by atoms with E-state index in [4.69, 9.17) is 28.4 Å².